The van der Waals surface area contributed by atoms with Gasteiger partial charge in [0.2, 0.25) is 0 Å². The predicted molar refractivity (Wildman–Crippen MR) is 47.0 cm³/mol. The average molecular weight is 184 g/mol. The summed E-state index contributed by atoms with van der Waals surface area (Å²) >= 11 is 0. The molecule has 0 aliphatic rings. The van der Waals surface area contributed by atoms with Crippen molar-refractivity contribution >= 4 is 12.0 Å². The molecule has 0 saturated heterocycles. The smallest absolute Gasteiger partial charge is 0.315 e. The fraction of sp³-hybridized carbons (Fsp3) is 0.500. The molecular formula is C8H12N2O3. The van der Waals surface area contributed by atoms with Crippen molar-refractivity contribution in [1.82, 2.24) is 10.6 Å². The molecule has 0 aliphatic heterocycles. The van der Waals surface area contributed by atoms with Crippen molar-refractivity contribution in [2.24, 2.45) is 5.92 Å². The predicted octanol–water partition coefficient (Wildman–Crippen LogP) is -0.361. The van der Waals surface area contributed by atoms with Crippen molar-refractivity contribution in [3.8, 4) is 12.3 Å². The van der Waals surface area contributed by atoms with Crippen LogP contribution in [0.3, 0.4) is 0 Å². The summed E-state index contributed by atoms with van der Waals surface area (Å²) in [4.78, 5) is 21.1. The Hall–Kier alpha value is -1.70. The van der Waals surface area contributed by atoms with E-state index in [2.05, 4.69) is 16.6 Å². The Balaban J connectivity index is 3.59. The van der Waals surface area contributed by atoms with Gasteiger partial charge >= 0.3 is 12.0 Å². The molecule has 0 spiro atoms. The number of terminal acetylenes is 1. The van der Waals surface area contributed by atoms with E-state index in [1.54, 1.807) is 0 Å². The molecule has 0 rings (SSSR count). The summed E-state index contributed by atoms with van der Waals surface area (Å²) in [6, 6.07) is -0.453. The SMILES string of the molecule is C#CCNC(=O)NCC(C)C(=O)O. The van der Waals surface area contributed by atoms with Gasteiger partial charge in [0, 0.05) is 6.54 Å². The molecule has 72 valence electrons. The number of carboxylic acid groups (broad SMARTS) is 1. The number of hydrogen-bond acceptors (Lipinski definition) is 2. The van der Waals surface area contributed by atoms with Crippen LogP contribution < -0.4 is 10.6 Å². The first-order valence-electron chi connectivity index (χ1n) is 3.76. The van der Waals surface area contributed by atoms with E-state index >= 15 is 0 Å². The van der Waals surface area contributed by atoms with Gasteiger partial charge in [0.1, 0.15) is 0 Å². The molecule has 0 aliphatic carbocycles. The van der Waals surface area contributed by atoms with E-state index in [-0.39, 0.29) is 13.1 Å². The van der Waals surface area contributed by atoms with Crippen molar-refractivity contribution in [2.45, 2.75) is 6.92 Å². The van der Waals surface area contributed by atoms with Gasteiger partial charge in [-0.15, -0.1) is 6.42 Å². The molecule has 13 heavy (non-hydrogen) atoms. The van der Waals surface area contributed by atoms with Gasteiger partial charge in [-0.1, -0.05) is 12.8 Å². The van der Waals surface area contributed by atoms with E-state index in [4.69, 9.17) is 11.5 Å². The van der Waals surface area contributed by atoms with Crippen LogP contribution in [-0.2, 0) is 4.79 Å². The fourth-order valence-corrected chi connectivity index (χ4v) is 0.527. The quantitative estimate of drug-likeness (QED) is 0.522. The Morgan fingerprint density at radius 1 is 1.54 bits per heavy atom. The Morgan fingerprint density at radius 3 is 2.62 bits per heavy atom. The molecule has 1 atom stereocenters. The number of nitrogens with one attached hydrogen (secondary N) is 2. The third-order valence-electron chi connectivity index (χ3n) is 1.34. The van der Waals surface area contributed by atoms with E-state index < -0.39 is 17.9 Å². The van der Waals surface area contributed by atoms with Gasteiger partial charge < -0.3 is 15.7 Å². The van der Waals surface area contributed by atoms with Crippen LogP contribution in [0.5, 0.6) is 0 Å². The number of carbonyl (C=O) groups excluding carboxylic acids is 1. The Morgan fingerprint density at radius 2 is 2.15 bits per heavy atom. The summed E-state index contributed by atoms with van der Waals surface area (Å²) in [7, 11) is 0. The Labute approximate surface area is 76.5 Å². The van der Waals surface area contributed by atoms with Gasteiger partial charge in [-0.3, -0.25) is 4.79 Å². The van der Waals surface area contributed by atoms with E-state index in [0.29, 0.717) is 0 Å². The molecule has 0 aromatic carbocycles. The molecule has 1 unspecified atom stereocenters. The second-order valence-corrected chi connectivity index (χ2v) is 2.51. The summed E-state index contributed by atoms with van der Waals surface area (Å²) in [5.74, 6) is 0.673. The van der Waals surface area contributed by atoms with Crippen LogP contribution in [0, 0.1) is 18.3 Å². The summed E-state index contributed by atoms with van der Waals surface area (Å²) in [5, 5.41) is 13.2. The lowest BCUT2D eigenvalue weighted by Crippen LogP contribution is -2.39. The van der Waals surface area contributed by atoms with Crippen molar-refractivity contribution in [1.29, 1.82) is 0 Å². The third kappa shape index (κ3) is 5.56. The highest BCUT2D eigenvalue weighted by molar-refractivity contribution is 5.75. The van der Waals surface area contributed by atoms with E-state index in [9.17, 15) is 9.59 Å². The minimum atomic E-state index is -0.947. The molecule has 0 bridgehead atoms. The largest absolute Gasteiger partial charge is 0.481 e. The van der Waals surface area contributed by atoms with E-state index in [1.165, 1.54) is 6.92 Å². The summed E-state index contributed by atoms with van der Waals surface area (Å²) in [5.41, 5.74) is 0. The zero-order valence-corrected chi connectivity index (χ0v) is 7.33. The number of aliphatic carboxylic acids is 1. The third-order valence-corrected chi connectivity index (χ3v) is 1.34. The molecule has 2 amide bonds. The van der Waals surface area contributed by atoms with Gasteiger partial charge in [0.25, 0.3) is 0 Å². The summed E-state index contributed by atoms with van der Waals surface area (Å²) < 4.78 is 0. The highest BCUT2D eigenvalue weighted by Crippen LogP contribution is 1.90. The molecule has 5 nitrogen and oxygen atoms in total. The van der Waals surface area contributed by atoms with E-state index in [1.807, 2.05) is 0 Å². The zero-order chi connectivity index (χ0) is 10.3. The second kappa shape index (κ2) is 5.89. The molecule has 0 aromatic rings. The maximum absolute atomic E-state index is 10.8. The number of carbonyl (C=O) groups is 2. The second-order valence-electron chi connectivity index (χ2n) is 2.51. The van der Waals surface area contributed by atoms with Crippen LogP contribution in [0.25, 0.3) is 0 Å². The van der Waals surface area contributed by atoms with Gasteiger partial charge in [-0.25, -0.2) is 4.79 Å². The van der Waals surface area contributed by atoms with Crippen molar-refractivity contribution in [2.75, 3.05) is 13.1 Å². The molecule has 0 saturated carbocycles. The molecule has 0 heterocycles. The maximum Gasteiger partial charge on any atom is 0.315 e. The highest BCUT2D eigenvalue weighted by Gasteiger charge is 2.11. The molecule has 0 fully saturated rings. The molecule has 0 aromatic heterocycles. The van der Waals surface area contributed by atoms with Gasteiger partial charge in [0.05, 0.1) is 12.5 Å². The van der Waals surface area contributed by atoms with Crippen LogP contribution >= 0.6 is 0 Å². The van der Waals surface area contributed by atoms with E-state index in [0.717, 1.165) is 0 Å². The van der Waals surface area contributed by atoms with Crippen LogP contribution in [0.4, 0.5) is 4.79 Å². The van der Waals surface area contributed by atoms with Crippen molar-refractivity contribution in [3.05, 3.63) is 0 Å². The normalized spacial score (nSPS) is 11.1. The fourth-order valence-electron chi connectivity index (χ4n) is 0.527. The van der Waals surface area contributed by atoms with Crippen LogP contribution in [0.2, 0.25) is 0 Å². The first-order valence-corrected chi connectivity index (χ1v) is 3.76. The molecule has 3 N–H and O–H groups in total. The van der Waals surface area contributed by atoms with Crippen molar-refractivity contribution < 1.29 is 14.7 Å². The minimum absolute atomic E-state index is 0.0890. The summed E-state index contributed by atoms with van der Waals surface area (Å²) in [6.07, 6.45) is 4.89. The van der Waals surface area contributed by atoms with Crippen molar-refractivity contribution in [3.63, 3.8) is 0 Å². The van der Waals surface area contributed by atoms with Gasteiger partial charge in [0.15, 0.2) is 0 Å². The number of urea groups is 1. The summed E-state index contributed by atoms with van der Waals surface area (Å²) in [6.45, 7) is 1.73. The number of rotatable bonds is 4. The van der Waals surface area contributed by atoms with Gasteiger partial charge in [-0.05, 0) is 0 Å². The highest BCUT2D eigenvalue weighted by atomic mass is 16.4. The first kappa shape index (κ1) is 11.3. The number of amides is 2. The zero-order valence-electron chi connectivity index (χ0n) is 7.33. The average Bonchev–Trinajstić information content (AvgIpc) is 2.10. The van der Waals surface area contributed by atoms with Crippen LogP contribution in [0.1, 0.15) is 6.92 Å². The number of hydrogen-bond donors (Lipinski definition) is 3. The first-order chi connectivity index (χ1) is 6.07. The topological polar surface area (TPSA) is 78.4 Å². The van der Waals surface area contributed by atoms with Crippen LogP contribution in [0.15, 0.2) is 0 Å². The standard InChI is InChI=1S/C8H12N2O3/c1-3-4-9-8(13)10-5-6(2)7(11)12/h1,6H,4-5H2,2H3,(H,11,12)(H2,9,10,13). The lowest BCUT2D eigenvalue weighted by atomic mass is 10.2. The molecular weight excluding hydrogens is 172 g/mol. The minimum Gasteiger partial charge on any atom is -0.481 e. The lowest BCUT2D eigenvalue weighted by Gasteiger charge is -2.07. The Bertz CT molecular complexity index is 232. The molecule has 0 radical (unpaired) electrons. The Kier molecular flexibility index (Phi) is 5.12. The lowest BCUT2D eigenvalue weighted by molar-refractivity contribution is -0.140. The van der Waals surface area contributed by atoms with Crippen LogP contribution in [-0.4, -0.2) is 30.2 Å². The van der Waals surface area contributed by atoms with Gasteiger partial charge in [-0.2, -0.15) is 0 Å². The maximum atomic E-state index is 10.8. The molecule has 5 heteroatoms. The number of carboxylic acids is 1. The monoisotopic (exact) mass is 184 g/mol.